The first kappa shape index (κ1) is 23.9. The number of morpholine rings is 1. The molecule has 0 aromatic heterocycles. The average molecular weight is 496 g/mol. The molecule has 2 aliphatic rings. The molecule has 2 aromatic rings. The molecule has 2 saturated heterocycles. The zero-order valence-electron chi connectivity index (χ0n) is 18.6. The molecule has 0 spiro atoms. The summed E-state index contributed by atoms with van der Waals surface area (Å²) in [4.78, 5) is 16.6. The van der Waals surface area contributed by atoms with Crippen molar-refractivity contribution < 1.29 is 22.3 Å². The first-order valence-corrected chi connectivity index (χ1v) is 12.7. The molecule has 0 radical (unpaired) electrons. The highest BCUT2D eigenvalue weighted by atomic mass is 35.5. The summed E-state index contributed by atoms with van der Waals surface area (Å²) in [5.74, 6) is -0.573. The van der Waals surface area contributed by atoms with Crippen LogP contribution < -0.4 is 4.90 Å². The van der Waals surface area contributed by atoms with E-state index >= 15 is 0 Å². The van der Waals surface area contributed by atoms with E-state index in [2.05, 4.69) is 0 Å². The van der Waals surface area contributed by atoms with Crippen LogP contribution in [0.3, 0.4) is 0 Å². The van der Waals surface area contributed by atoms with Crippen LogP contribution in [0.2, 0.25) is 5.02 Å². The fourth-order valence-corrected chi connectivity index (χ4v) is 6.43. The number of hydrogen-bond donors (Lipinski definition) is 0. The topological polar surface area (TPSA) is 70.2 Å². The Kier molecular flexibility index (Phi) is 6.95. The Morgan fingerprint density at radius 3 is 2.30 bits per heavy atom. The zero-order chi connectivity index (χ0) is 23.8. The molecule has 0 aliphatic carbocycles. The molecule has 10 heteroatoms. The number of para-hydroxylation sites is 1. The molecule has 2 aromatic carbocycles. The van der Waals surface area contributed by atoms with Crippen LogP contribution in [0.5, 0.6) is 0 Å². The van der Waals surface area contributed by atoms with Gasteiger partial charge in [0.1, 0.15) is 10.7 Å². The molecule has 0 bridgehead atoms. The molecule has 2 aliphatic heterocycles. The van der Waals surface area contributed by atoms with Crippen molar-refractivity contribution in [3.8, 4) is 0 Å². The number of hydrogen-bond acceptors (Lipinski definition) is 5. The number of amides is 1. The summed E-state index contributed by atoms with van der Waals surface area (Å²) in [5, 5.41) is 0.0720. The average Bonchev–Trinajstić information content (AvgIpc) is 2.79. The molecule has 33 heavy (non-hydrogen) atoms. The molecule has 2 atom stereocenters. The van der Waals surface area contributed by atoms with Crippen molar-refractivity contribution in [1.82, 2.24) is 9.21 Å². The van der Waals surface area contributed by atoms with Crippen LogP contribution in [0.1, 0.15) is 24.2 Å². The minimum atomic E-state index is -3.89. The second-order valence-electron chi connectivity index (χ2n) is 8.46. The highest BCUT2D eigenvalue weighted by Crippen LogP contribution is 2.29. The van der Waals surface area contributed by atoms with Gasteiger partial charge < -0.3 is 14.5 Å². The van der Waals surface area contributed by atoms with Crippen molar-refractivity contribution in [1.29, 1.82) is 0 Å². The maximum absolute atomic E-state index is 14.1. The summed E-state index contributed by atoms with van der Waals surface area (Å²) in [6.45, 7) is 5.84. The predicted octanol–water partition coefficient (Wildman–Crippen LogP) is 3.24. The van der Waals surface area contributed by atoms with Crippen LogP contribution in [0, 0.1) is 5.82 Å². The van der Waals surface area contributed by atoms with Gasteiger partial charge in [0.15, 0.2) is 0 Å². The molecule has 4 rings (SSSR count). The summed E-state index contributed by atoms with van der Waals surface area (Å²) in [6, 6.07) is 10.9. The lowest BCUT2D eigenvalue weighted by molar-refractivity contribution is -0.0440. The number of rotatable bonds is 4. The quantitative estimate of drug-likeness (QED) is 0.651. The highest BCUT2D eigenvalue weighted by Gasteiger charge is 2.34. The van der Waals surface area contributed by atoms with Gasteiger partial charge in [0.2, 0.25) is 10.0 Å². The van der Waals surface area contributed by atoms with Gasteiger partial charge >= 0.3 is 0 Å². The molecule has 0 saturated carbocycles. The Morgan fingerprint density at radius 2 is 1.67 bits per heavy atom. The number of ether oxygens (including phenoxy) is 1. The Balaban J connectivity index is 1.51. The Labute approximate surface area is 198 Å². The summed E-state index contributed by atoms with van der Waals surface area (Å²) in [7, 11) is -3.89. The molecule has 2 fully saturated rings. The van der Waals surface area contributed by atoms with Gasteiger partial charge in [-0.1, -0.05) is 23.7 Å². The normalized spacial score (nSPS) is 22.4. The second kappa shape index (κ2) is 9.58. The first-order chi connectivity index (χ1) is 15.7. The van der Waals surface area contributed by atoms with Crippen LogP contribution in [0.25, 0.3) is 0 Å². The smallest absolute Gasteiger partial charge is 0.254 e. The van der Waals surface area contributed by atoms with Crippen LogP contribution in [0.4, 0.5) is 10.1 Å². The summed E-state index contributed by atoms with van der Waals surface area (Å²) < 4.78 is 47.7. The van der Waals surface area contributed by atoms with Crippen LogP contribution in [-0.2, 0) is 14.8 Å². The highest BCUT2D eigenvalue weighted by molar-refractivity contribution is 7.89. The van der Waals surface area contributed by atoms with Gasteiger partial charge in [-0.15, -0.1) is 0 Å². The van der Waals surface area contributed by atoms with Crippen LogP contribution in [-0.4, -0.2) is 75.0 Å². The number of anilines is 1. The van der Waals surface area contributed by atoms with Gasteiger partial charge in [-0.2, -0.15) is 4.31 Å². The molecule has 2 unspecified atom stereocenters. The largest absolute Gasteiger partial charge is 0.373 e. The number of piperazine rings is 1. The molecular weight excluding hydrogens is 469 g/mol. The minimum Gasteiger partial charge on any atom is -0.373 e. The number of carbonyl (C=O) groups is 1. The molecule has 178 valence electrons. The van der Waals surface area contributed by atoms with Crippen molar-refractivity contribution in [2.45, 2.75) is 31.0 Å². The van der Waals surface area contributed by atoms with Gasteiger partial charge in [-0.25, -0.2) is 12.8 Å². The maximum atomic E-state index is 14.1. The van der Waals surface area contributed by atoms with E-state index in [0.717, 1.165) is 0 Å². The summed E-state index contributed by atoms with van der Waals surface area (Å²) in [6.07, 6.45) is -0.476. The van der Waals surface area contributed by atoms with Gasteiger partial charge in [0.05, 0.1) is 22.9 Å². The van der Waals surface area contributed by atoms with E-state index in [4.69, 9.17) is 16.3 Å². The Bertz CT molecular complexity index is 1130. The van der Waals surface area contributed by atoms with Gasteiger partial charge in [0.25, 0.3) is 5.91 Å². The summed E-state index contributed by atoms with van der Waals surface area (Å²) >= 11 is 6.26. The number of nitrogens with zero attached hydrogens (tertiary/aromatic N) is 3. The van der Waals surface area contributed by atoms with Crippen molar-refractivity contribution in [2.24, 2.45) is 0 Å². The molecule has 0 N–H and O–H groups in total. The lowest BCUT2D eigenvalue weighted by Gasteiger charge is -2.36. The third-order valence-corrected chi connectivity index (χ3v) is 8.26. The number of halogens is 2. The Hall–Kier alpha value is -2.20. The first-order valence-electron chi connectivity index (χ1n) is 10.9. The second-order valence-corrected chi connectivity index (χ2v) is 10.8. The molecule has 7 nitrogen and oxygen atoms in total. The monoisotopic (exact) mass is 495 g/mol. The SMILES string of the molecule is CC1CN(S(=O)(=O)c2cc(C(=O)N3CCN(c4ccccc4F)CC3)ccc2Cl)CC(C)O1. The maximum Gasteiger partial charge on any atom is 0.254 e. The van der Waals surface area contributed by atoms with Crippen LogP contribution >= 0.6 is 11.6 Å². The number of carbonyl (C=O) groups excluding carboxylic acids is 1. The molecular formula is C23H27ClFN3O4S. The third kappa shape index (κ3) is 5.01. The lowest BCUT2D eigenvalue weighted by Crippen LogP contribution is -2.49. The molecule has 2 heterocycles. The molecule has 1 amide bonds. The third-order valence-electron chi connectivity index (χ3n) is 5.94. The number of sulfonamides is 1. The van der Waals surface area contributed by atoms with Crippen molar-refractivity contribution in [2.75, 3.05) is 44.2 Å². The zero-order valence-corrected chi connectivity index (χ0v) is 20.2. The van der Waals surface area contributed by atoms with E-state index in [1.54, 1.807) is 23.1 Å². The lowest BCUT2D eigenvalue weighted by atomic mass is 10.1. The summed E-state index contributed by atoms with van der Waals surface area (Å²) in [5.41, 5.74) is 0.769. The van der Waals surface area contributed by atoms with Gasteiger partial charge in [-0.05, 0) is 44.2 Å². The van der Waals surface area contributed by atoms with E-state index < -0.39 is 10.0 Å². The predicted molar refractivity (Wildman–Crippen MR) is 125 cm³/mol. The van der Waals surface area contributed by atoms with Crippen molar-refractivity contribution in [3.63, 3.8) is 0 Å². The fourth-order valence-electron chi connectivity index (χ4n) is 4.34. The standard InChI is InChI=1S/C23H27ClFN3O4S/c1-16-14-28(15-17(2)32-16)33(30,31)22-13-18(7-8-19(22)24)23(29)27-11-9-26(10-12-27)21-6-4-3-5-20(21)25/h3-8,13,16-17H,9-12,14-15H2,1-2H3. The van der Waals surface area contributed by atoms with E-state index in [1.165, 1.54) is 28.6 Å². The van der Waals surface area contributed by atoms with Crippen molar-refractivity contribution >= 4 is 33.2 Å². The van der Waals surface area contributed by atoms with E-state index in [1.807, 2.05) is 18.7 Å². The van der Waals surface area contributed by atoms with E-state index in [0.29, 0.717) is 31.9 Å². The number of benzene rings is 2. The van der Waals surface area contributed by atoms with Crippen LogP contribution in [0.15, 0.2) is 47.4 Å². The van der Waals surface area contributed by atoms with Gasteiger partial charge in [0, 0.05) is 44.8 Å². The van der Waals surface area contributed by atoms with E-state index in [-0.39, 0.29) is 52.5 Å². The Morgan fingerprint density at radius 1 is 1.03 bits per heavy atom. The van der Waals surface area contributed by atoms with Gasteiger partial charge in [-0.3, -0.25) is 4.79 Å². The van der Waals surface area contributed by atoms with Crippen molar-refractivity contribution in [3.05, 3.63) is 58.9 Å². The fraction of sp³-hybridized carbons (Fsp3) is 0.435. The minimum absolute atomic E-state index is 0.0720. The van der Waals surface area contributed by atoms with E-state index in [9.17, 15) is 17.6 Å².